The van der Waals surface area contributed by atoms with Gasteiger partial charge in [0.1, 0.15) is 0 Å². The van der Waals surface area contributed by atoms with E-state index in [0.717, 1.165) is 5.56 Å². The topological polar surface area (TPSA) is 61.4 Å². The lowest BCUT2D eigenvalue weighted by Gasteiger charge is -2.10. The summed E-state index contributed by atoms with van der Waals surface area (Å²) in [4.78, 5) is 11.5. The van der Waals surface area contributed by atoms with Crippen molar-refractivity contribution in [2.24, 2.45) is 0 Å². The Kier molecular flexibility index (Phi) is 6.54. The number of aliphatic hydroxyl groups is 1. The summed E-state index contributed by atoms with van der Waals surface area (Å²) < 4.78 is 0. The summed E-state index contributed by atoms with van der Waals surface area (Å²) in [6.07, 6.45) is 0.910. The minimum atomic E-state index is -0.353. The number of carbonyl (C=O) groups is 1. The summed E-state index contributed by atoms with van der Waals surface area (Å²) in [5.41, 5.74) is 0.878. The average molecular weight is 271 g/mol. The first-order valence-electron chi connectivity index (χ1n) is 6.06. The smallest absolute Gasteiger partial charge is 0.315 e. The third-order valence-electron chi connectivity index (χ3n) is 2.63. The van der Waals surface area contributed by atoms with Crippen LogP contribution in [0.25, 0.3) is 0 Å². The second-order valence-corrected chi connectivity index (χ2v) is 4.46. The van der Waals surface area contributed by atoms with Gasteiger partial charge >= 0.3 is 6.03 Å². The Bertz CT molecular complexity index is 385. The Morgan fingerprint density at radius 2 is 2.11 bits per heavy atom. The molecule has 0 saturated carbocycles. The number of urea groups is 1. The summed E-state index contributed by atoms with van der Waals surface area (Å²) in [6, 6.07) is 7.12. The predicted octanol–water partition coefficient (Wildman–Crippen LogP) is 2.30. The molecular weight excluding hydrogens is 252 g/mol. The van der Waals surface area contributed by atoms with Gasteiger partial charge in [-0.25, -0.2) is 4.79 Å². The highest BCUT2D eigenvalue weighted by atomic mass is 35.5. The highest BCUT2D eigenvalue weighted by molar-refractivity contribution is 6.31. The van der Waals surface area contributed by atoms with E-state index in [0.29, 0.717) is 31.0 Å². The Morgan fingerprint density at radius 1 is 1.39 bits per heavy atom. The number of hydrogen-bond donors (Lipinski definition) is 3. The van der Waals surface area contributed by atoms with E-state index in [9.17, 15) is 9.90 Å². The van der Waals surface area contributed by atoms with E-state index in [-0.39, 0.29) is 12.1 Å². The molecule has 1 aromatic rings. The molecule has 1 atom stereocenters. The summed E-state index contributed by atoms with van der Waals surface area (Å²) in [5, 5.41) is 15.4. The zero-order chi connectivity index (χ0) is 13.4. The first-order chi connectivity index (χ1) is 8.63. The molecule has 0 heterocycles. The van der Waals surface area contributed by atoms with Gasteiger partial charge in [-0.15, -0.1) is 0 Å². The van der Waals surface area contributed by atoms with Crippen molar-refractivity contribution in [3.05, 3.63) is 34.9 Å². The third kappa shape index (κ3) is 5.38. The molecule has 1 unspecified atom stereocenters. The van der Waals surface area contributed by atoms with Crippen LogP contribution in [-0.4, -0.2) is 23.8 Å². The van der Waals surface area contributed by atoms with Crippen LogP contribution in [0.5, 0.6) is 0 Å². The van der Waals surface area contributed by atoms with Crippen LogP contribution in [0.1, 0.15) is 25.3 Å². The van der Waals surface area contributed by atoms with Crippen LogP contribution in [0.4, 0.5) is 4.79 Å². The number of nitrogens with one attached hydrogen (secondary N) is 2. The van der Waals surface area contributed by atoms with E-state index >= 15 is 0 Å². The molecule has 3 N–H and O–H groups in total. The van der Waals surface area contributed by atoms with Crippen molar-refractivity contribution < 1.29 is 9.90 Å². The van der Waals surface area contributed by atoms with Crippen LogP contribution in [-0.2, 0) is 6.54 Å². The number of hydrogen-bond acceptors (Lipinski definition) is 2. The molecule has 0 fully saturated rings. The molecular formula is C13H19ClN2O2. The number of carbonyl (C=O) groups excluding carboxylic acids is 1. The first-order valence-corrected chi connectivity index (χ1v) is 6.44. The van der Waals surface area contributed by atoms with E-state index in [1.165, 1.54) is 0 Å². The number of halogens is 1. The molecule has 2 amide bonds. The van der Waals surface area contributed by atoms with Crippen molar-refractivity contribution in [3.8, 4) is 0 Å². The Balaban J connectivity index is 2.23. The zero-order valence-electron chi connectivity index (χ0n) is 10.4. The fourth-order valence-corrected chi connectivity index (χ4v) is 1.64. The second-order valence-electron chi connectivity index (χ2n) is 4.05. The van der Waals surface area contributed by atoms with E-state index in [1.807, 2.05) is 25.1 Å². The fraction of sp³-hybridized carbons (Fsp3) is 0.462. The Hall–Kier alpha value is -1.26. The van der Waals surface area contributed by atoms with Crippen LogP contribution in [0.2, 0.25) is 5.02 Å². The highest BCUT2D eigenvalue weighted by Crippen LogP contribution is 2.13. The van der Waals surface area contributed by atoms with Crippen LogP contribution < -0.4 is 10.6 Å². The highest BCUT2D eigenvalue weighted by Gasteiger charge is 2.04. The van der Waals surface area contributed by atoms with Crippen molar-refractivity contribution in [2.75, 3.05) is 6.54 Å². The van der Waals surface area contributed by atoms with E-state index in [1.54, 1.807) is 6.07 Å². The van der Waals surface area contributed by atoms with Crippen LogP contribution in [0.3, 0.4) is 0 Å². The molecule has 0 spiro atoms. The van der Waals surface area contributed by atoms with Gasteiger partial charge in [0.05, 0.1) is 6.10 Å². The molecule has 0 aliphatic heterocycles. The lowest BCUT2D eigenvalue weighted by Crippen LogP contribution is -2.36. The summed E-state index contributed by atoms with van der Waals surface area (Å²) in [6.45, 7) is 2.76. The quantitative estimate of drug-likeness (QED) is 0.743. The van der Waals surface area contributed by atoms with Crippen LogP contribution in [0.15, 0.2) is 24.3 Å². The van der Waals surface area contributed by atoms with E-state index in [2.05, 4.69) is 10.6 Å². The van der Waals surface area contributed by atoms with E-state index < -0.39 is 0 Å². The maximum atomic E-state index is 11.5. The zero-order valence-corrected chi connectivity index (χ0v) is 11.2. The number of benzene rings is 1. The van der Waals surface area contributed by atoms with Crippen molar-refractivity contribution in [3.63, 3.8) is 0 Å². The van der Waals surface area contributed by atoms with Crippen molar-refractivity contribution in [1.82, 2.24) is 10.6 Å². The van der Waals surface area contributed by atoms with Gasteiger partial charge in [-0.3, -0.25) is 0 Å². The molecule has 4 nitrogen and oxygen atoms in total. The fourth-order valence-electron chi connectivity index (χ4n) is 1.44. The molecule has 0 aliphatic carbocycles. The van der Waals surface area contributed by atoms with Gasteiger partial charge in [0.15, 0.2) is 0 Å². The molecule has 5 heteroatoms. The van der Waals surface area contributed by atoms with E-state index in [4.69, 9.17) is 11.6 Å². The van der Waals surface area contributed by atoms with Gasteiger partial charge in [0.25, 0.3) is 0 Å². The van der Waals surface area contributed by atoms with Crippen molar-refractivity contribution in [1.29, 1.82) is 0 Å². The Labute approximate surface area is 112 Å². The lowest BCUT2D eigenvalue weighted by molar-refractivity contribution is 0.160. The molecule has 0 aliphatic rings. The molecule has 1 rings (SSSR count). The number of aliphatic hydroxyl groups excluding tert-OH is 1. The molecule has 0 bridgehead atoms. The maximum Gasteiger partial charge on any atom is 0.315 e. The van der Waals surface area contributed by atoms with Gasteiger partial charge in [-0.1, -0.05) is 36.7 Å². The first kappa shape index (κ1) is 14.8. The normalized spacial score (nSPS) is 11.9. The third-order valence-corrected chi connectivity index (χ3v) is 3.00. The van der Waals surface area contributed by atoms with Crippen molar-refractivity contribution >= 4 is 17.6 Å². The lowest BCUT2D eigenvalue weighted by atomic mass is 10.2. The molecule has 0 radical (unpaired) electrons. The van der Waals surface area contributed by atoms with Gasteiger partial charge < -0.3 is 15.7 Å². The number of amides is 2. The SMILES string of the molecule is CCC(O)CCNC(=O)NCc1ccccc1Cl. The molecule has 100 valence electrons. The standard InChI is InChI=1S/C13H19ClN2O2/c1-2-11(17)7-8-15-13(18)16-9-10-5-3-4-6-12(10)14/h3-6,11,17H,2,7-9H2,1H3,(H2,15,16,18). The molecule has 0 aromatic heterocycles. The maximum absolute atomic E-state index is 11.5. The predicted molar refractivity (Wildman–Crippen MR) is 72.6 cm³/mol. The molecule has 18 heavy (non-hydrogen) atoms. The summed E-state index contributed by atoms with van der Waals surface area (Å²) >= 11 is 5.97. The largest absolute Gasteiger partial charge is 0.393 e. The van der Waals surface area contributed by atoms with Crippen LogP contribution >= 0.6 is 11.6 Å². The monoisotopic (exact) mass is 270 g/mol. The second kappa shape index (κ2) is 7.95. The Morgan fingerprint density at radius 3 is 2.78 bits per heavy atom. The van der Waals surface area contributed by atoms with Crippen LogP contribution in [0, 0.1) is 0 Å². The van der Waals surface area contributed by atoms with Gasteiger partial charge in [-0.05, 0) is 24.5 Å². The molecule has 1 aromatic carbocycles. The van der Waals surface area contributed by atoms with Crippen molar-refractivity contribution in [2.45, 2.75) is 32.4 Å². The van der Waals surface area contributed by atoms with Gasteiger partial charge in [0.2, 0.25) is 0 Å². The average Bonchev–Trinajstić information content (AvgIpc) is 2.37. The summed E-state index contributed by atoms with van der Waals surface area (Å²) in [5.74, 6) is 0. The molecule has 0 saturated heterocycles. The summed E-state index contributed by atoms with van der Waals surface area (Å²) in [7, 11) is 0. The minimum Gasteiger partial charge on any atom is -0.393 e. The van der Waals surface area contributed by atoms with Gasteiger partial charge in [-0.2, -0.15) is 0 Å². The minimum absolute atomic E-state index is 0.252. The van der Waals surface area contributed by atoms with Gasteiger partial charge in [0, 0.05) is 18.1 Å². The number of rotatable bonds is 6.